The van der Waals surface area contributed by atoms with E-state index in [1.165, 1.54) is 34.5 Å². The number of carbonyl (C=O) groups is 4. The second-order valence-corrected chi connectivity index (χ2v) is 10.7. The Morgan fingerprint density at radius 3 is 2.47 bits per heavy atom. The second kappa shape index (κ2) is 15.1. The third-order valence-electron chi connectivity index (χ3n) is 7.76. The molecule has 0 spiro atoms. The Balaban J connectivity index is 1.40. The van der Waals surface area contributed by atoms with E-state index in [0.717, 1.165) is 19.2 Å². The van der Waals surface area contributed by atoms with Crippen molar-refractivity contribution in [3.05, 3.63) is 95.8 Å². The van der Waals surface area contributed by atoms with Crippen LogP contribution in [0.2, 0.25) is 0 Å². The lowest BCUT2D eigenvalue weighted by Crippen LogP contribution is -2.52. The van der Waals surface area contributed by atoms with Gasteiger partial charge in [-0.05, 0) is 53.8 Å². The Labute approximate surface area is 250 Å². The van der Waals surface area contributed by atoms with Crippen molar-refractivity contribution in [1.82, 2.24) is 20.4 Å². The zero-order valence-electron chi connectivity index (χ0n) is 24.2. The van der Waals surface area contributed by atoms with E-state index in [2.05, 4.69) is 52.8 Å². The van der Waals surface area contributed by atoms with Crippen LogP contribution in [-0.4, -0.2) is 77.4 Å². The van der Waals surface area contributed by atoms with Gasteiger partial charge in [-0.3, -0.25) is 19.3 Å². The first-order valence-corrected chi connectivity index (χ1v) is 14.4. The highest BCUT2D eigenvalue weighted by Crippen LogP contribution is 2.31. The van der Waals surface area contributed by atoms with Gasteiger partial charge in [-0.25, -0.2) is 9.18 Å². The van der Waals surface area contributed by atoms with Crippen LogP contribution in [0.1, 0.15) is 36.9 Å². The standard InChI is InChI=1S/C33H37FN4O5/c1-23(28-12-5-9-25-8-2-3-11-29(25)28)37-17-14-27(15-18-37)38(32(41)20-24-7-4-10-26(34)19-24)22-31(40)36-21-30(39)35-16-6-13-33(42)43/h2-13,19,23,27H,14-18,20-22H2,1H3,(H,35,39)(H,36,40)(H,42,43)/b13-6+/t23-/m1/s1. The summed E-state index contributed by atoms with van der Waals surface area (Å²) < 4.78 is 13.8. The summed E-state index contributed by atoms with van der Waals surface area (Å²) >= 11 is 0. The van der Waals surface area contributed by atoms with Gasteiger partial charge in [-0.15, -0.1) is 0 Å². The molecule has 9 nitrogen and oxygen atoms in total. The fourth-order valence-electron chi connectivity index (χ4n) is 5.52. The number of hydrogen-bond acceptors (Lipinski definition) is 5. The van der Waals surface area contributed by atoms with Crippen molar-refractivity contribution in [3.63, 3.8) is 0 Å². The number of nitrogens with zero attached hydrogens (tertiary/aromatic N) is 2. The van der Waals surface area contributed by atoms with Gasteiger partial charge in [0.1, 0.15) is 5.82 Å². The zero-order chi connectivity index (χ0) is 30.8. The molecule has 0 radical (unpaired) electrons. The van der Waals surface area contributed by atoms with Gasteiger partial charge >= 0.3 is 5.97 Å². The molecule has 1 atom stereocenters. The number of benzene rings is 3. The van der Waals surface area contributed by atoms with Crippen LogP contribution >= 0.6 is 0 Å². The van der Waals surface area contributed by atoms with E-state index < -0.39 is 23.6 Å². The zero-order valence-corrected chi connectivity index (χ0v) is 24.2. The molecule has 0 aromatic heterocycles. The Kier molecular flexibility index (Phi) is 11.0. The maximum atomic E-state index is 13.8. The number of carboxylic acids is 1. The van der Waals surface area contributed by atoms with Crippen molar-refractivity contribution in [2.45, 2.75) is 38.3 Å². The number of fused-ring (bicyclic) bond motifs is 1. The molecule has 4 rings (SSSR count). The quantitative estimate of drug-likeness (QED) is 0.279. The van der Waals surface area contributed by atoms with Crippen LogP contribution in [0.4, 0.5) is 4.39 Å². The number of hydrogen-bond donors (Lipinski definition) is 3. The number of carbonyl (C=O) groups excluding carboxylic acids is 3. The van der Waals surface area contributed by atoms with Crippen molar-refractivity contribution in [3.8, 4) is 0 Å². The molecule has 1 aliphatic rings. The molecule has 1 fully saturated rings. The third kappa shape index (κ3) is 8.96. The molecular weight excluding hydrogens is 551 g/mol. The van der Waals surface area contributed by atoms with E-state index in [1.807, 2.05) is 12.1 Å². The van der Waals surface area contributed by atoms with Gasteiger partial charge in [0.2, 0.25) is 17.7 Å². The fourth-order valence-corrected chi connectivity index (χ4v) is 5.52. The van der Waals surface area contributed by atoms with E-state index in [0.29, 0.717) is 18.4 Å². The Bertz CT molecular complexity index is 1480. The molecule has 0 bridgehead atoms. The molecule has 0 unspecified atom stereocenters. The number of rotatable bonds is 12. The highest BCUT2D eigenvalue weighted by Gasteiger charge is 2.31. The molecule has 3 aromatic carbocycles. The normalized spacial score (nSPS) is 14.8. The van der Waals surface area contributed by atoms with Crippen LogP contribution in [0.5, 0.6) is 0 Å². The topological polar surface area (TPSA) is 119 Å². The van der Waals surface area contributed by atoms with Crippen molar-refractivity contribution in [1.29, 1.82) is 0 Å². The average molecular weight is 589 g/mol. The molecule has 226 valence electrons. The molecule has 1 saturated heterocycles. The highest BCUT2D eigenvalue weighted by atomic mass is 19.1. The summed E-state index contributed by atoms with van der Waals surface area (Å²) in [5.41, 5.74) is 1.76. The van der Waals surface area contributed by atoms with E-state index >= 15 is 0 Å². The molecule has 0 aliphatic carbocycles. The van der Waals surface area contributed by atoms with Crippen molar-refractivity contribution in [2.75, 3.05) is 32.7 Å². The second-order valence-electron chi connectivity index (χ2n) is 10.7. The number of likely N-dealkylation sites (tertiary alicyclic amines) is 1. The molecule has 43 heavy (non-hydrogen) atoms. The first-order chi connectivity index (χ1) is 20.7. The van der Waals surface area contributed by atoms with Gasteiger partial charge in [-0.1, -0.05) is 60.7 Å². The minimum Gasteiger partial charge on any atom is -0.478 e. The minimum absolute atomic E-state index is 0.00895. The number of piperidine rings is 1. The van der Waals surface area contributed by atoms with Crippen molar-refractivity contribution in [2.24, 2.45) is 0 Å². The summed E-state index contributed by atoms with van der Waals surface area (Å²) in [6.45, 7) is 3.11. The van der Waals surface area contributed by atoms with E-state index in [1.54, 1.807) is 17.0 Å². The lowest BCUT2D eigenvalue weighted by molar-refractivity contribution is -0.139. The van der Waals surface area contributed by atoms with Crippen molar-refractivity contribution < 1.29 is 28.7 Å². The third-order valence-corrected chi connectivity index (χ3v) is 7.76. The van der Waals surface area contributed by atoms with Gasteiger partial charge in [0, 0.05) is 37.8 Å². The van der Waals surface area contributed by atoms with E-state index in [-0.39, 0.29) is 44.0 Å². The molecule has 0 saturated carbocycles. The minimum atomic E-state index is -1.13. The largest absolute Gasteiger partial charge is 0.478 e. The van der Waals surface area contributed by atoms with Crippen LogP contribution < -0.4 is 10.6 Å². The Morgan fingerprint density at radius 1 is 1.00 bits per heavy atom. The summed E-state index contributed by atoms with van der Waals surface area (Å²) in [7, 11) is 0. The van der Waals surface area contributed by atoms with Crippen LogP contribution in [0.3, 0.4) is 0 Å². The molecule has 10 heteroatoms. The van der Waals surface area contributed by atoms with Crippen LogP contribution in [0.15, 0.2) is 78.9 Å². The number of aliphatic carboxylic acids is 1. The highest BCUT2D eigenvalue weighted by molar-refractivity contribution is 5.89. The fraction of sp³-hybridized carbons (Fsp3) is 0.333. The molecule has 3 N–H and O–H groups in total. The Morgan fingerprint density at radius 2 is 1.72 bits per heavy atom. The molecule has 3 amide bonds. The summed E-state index contributed by atoms with van der Waals surface area (Å²) in [6, 6.07) is 20.4. The average Bonchev–Trinajstić information content (AvgIpc) is 3.00. The van der Waals surface area contributed by atoms with Crippen LogP contribution in [0.25, 0.3) is 10.8 Å². The van der Waals surface area contributed by atoms with Crippen molar-refractivity contribution >= 4 is 34.5 Å². The van der Waals surface area contributed by atoms with Gasteiger partial charge in [0.15, 0.2) is 0 Å². The smallest absolute Gasteiger partial charge is 0.328 e. The molecular formula is C33H37FN4O5. The number of halogens is 1. The van der Waals surface area contributed by atoms with E-state index in [9.17, 15) is 23.6 Å². The van der Waals surface area contributed by atoms with Gasteiger partial charge in [-0.2, -0.15) is 0 Å². The van der Waals surface area contributed by atoms with Crippen LogP contribution in [-0.2, 0) is 25.6 Å². The summed E-state index contributed by atoms with van der Waals surface area (Å²) in [6.07, 6.45) is 3.47. The van der Waals surface area contributed by atoms with Gasteiger partial charge in [0.25, 0.3) is 0 Å². The summed E-state index contributed by atoms with van der Waals surface area (Å²) in [4.78, 5) is 52.9. The maximum absolute atomic E-state index is 13.8. The summed E-state index contributed by atoms with van der Waals surface area (Å²) in [5.74, 6) is -2.83. The number of carboxylic acid groups (broad SMARTS) is 1. The monoisotopic (exact) mass is 588 g/mol. The molecule has 3 aromatic rings. The van der Waals surface area contributed by atoms with Crippen LogP contribution in [0, 0.1) is 5.82 Å². The summed E-state index contributed by atoms with van der Waals surface area (Å²) in [5, 5.41) is 16.0. The first kappa shape index (κ1) is 31.4. The predicted octanol–water partition coefficient (Wildman–Crippen LogP) is 3.45. The number of nitrogens with one attached hydrogen (secondary N) is 2. The van der Waals surface area contributed by atoms with Gasteiger partial charge < -0.3 is 20.6 Å². The first-order valence-electron chi connectivity index (χ1n) is 14.4. The lowest BCUT2D eigenvalue weighted by atomic mass is 9.95. The Hall–Kier alpha value is -4.57. The number of amides is 3. The molecule has 1 heterocycles. The molecule has 1 aliphatic heterocycles. The van der Waals surface area contributed by atoms with E-state index in [4.69, 9.17) is 5.11 Å². The SMILES string of the molecule is C[C@H](c1cccc2ccccc12)N1CCC(N(CC(=O)NCC(=O)NC/C=C/C(=O)O)C(=O)Cc2cccc(F)c2)CC1. The maximum Gasteiger partial charge on any atom is 0.328 e. The predicted molar refractivity (Wildman–Crippen MR) is 162 cm³/mol. The lowest BCUT2D eigenvalue weighted by Gasteiger charge is -2.41. The van der Waals surface area contributed by atoms with Gasteiger partial charge in [0.05, 0.1) is 19.5 Å².